The van der Waals surface area contributed by atoms with Gasteiger partial charge in [0.1, 0.15) is 5.75 Å². The highest BCUT2D eigenvalue weighted by molar-refractivity contribution is 5.73. The van der Waals surface area contributed by atoms with E-state index in [1.807, 2.05) is 23.1 Å². The molecule has 2 rings (SSSR count). The third-order valence-electron chi connectivity index (χ3n) is 3.45. The van der Waals surface area contributed by atoms with Crippen molar-refractivity contribution in [3.63, 3.8) is 0 Å². The Morgan fingerprint density at radius 3 is 2.53 bits per heavy atom. The third kappa shape index (κ3) is 3.61. The van der Waals surface area contributed by atoms with Crippen LogP contribution in [0.5, 0.6) is 5.75 Å². The number of nitrogens with two attached hydrogens (primary N) is 1. The summed E-state index contributed by atoms with van der Waals surface area (Å²) in [6.45, 7) is 5.86. The largest absolute Gasteiger partial charge is 0.497 e. The molecule has 1 saturated heterocycles. The van der Waals surface area contributed by atoms with Crippen molar-refractivity contribution in [3.05, 3.63) is 23.8 Å². The van der Waals surface area contributed by atoms with Crippen molar-refractivity contribution >= 4 is 11.6 Å². The molecule has 1 aliphatic rings. The number of nitrogen functional groups attached to an aromatic ring is 1. The zero-order chi connectivity index (χ0) is 13.8. The van der Waals surface area contributed by atoms with E-state index < -0.39 is 0 Å². The van der Waals surface area contributed by atoms with Crippen LogP contribution in [0.25, 0.3) is 0 Å². The van der Waals surface area contributed by atoms with Gasteiger partial charge in [-0.25, -0.2) is 0 Å². The lowest BCUT2D eigenvalue weighted by Crippen LogP contribution is -2.47. The summed E-state index contributed by atoms with van der Waals surface area (Å²) in [6.07, 6.45) is 0. The minimum Gasteiger partial charge on any atom is -0.497 e. The zero-order valence-corrected chi connectivity index (χ0v) is 11.6. The Balaban J connectivity index is 1.95. The maximum absolute atomic E-state index is 11.3. The van der Waals surface area contributed by atoms with E-state index in [2.05, 4.69) is 4.90 Å². The van der Waals surface area contributed by atoms with E-state index in [4.69, 9.17) is 10.5 Å². The second kappa shape index (κ2) is 5.93. The average molecular weight is 263 g/mol. The van der Waals surface area contributed by atoms with Gasteiger partial charge in [0.15, 0.2) is 0 Å². The molecule has 0 unspecified atom stereocenters. The molecule has 0 bridgehead atoms. The van der Waals surface area contributed by atoms with Crippen molar-refractivity contribution < 1.29 is 9.53 Å². The molecule has 1 aromatic carbocycles. The molecule has 0 aromatic heterocycles. The minimum atomic E-state index is 0.158. The lowest BCUT2D eigenvalue weighted by Gasteiger charge is -2.34. The summed E-state index contributed by atoms with van der Waals surface area (Å²) in [5.74, 6) is 0.947. The van der Waals surface area contributed by atoms with Crippen LogP contribution in [0.4, 0.5) is 5.69 Å². The molecule has 19 heavy (non-hydrogen) atoms. The van der Waals surface area contributed by atoms with Crippen LogP contribution in [0.2, 0.25) is 0 Å². The van der Waals surface area contributed by atoms with Crippen molar-refractivity contribution in [2.45, 2.75) is 13.5 Å². The highest BCUT2D eigenvalue weighted by Crippen LogP contribution is 2.20. The van der Waals surface area contributed by atoms with Crippen LogP contribution in [0, 0.1) is 0 Å². The molecular weight excluding hydrogens is 242 g/mol. The van der Waals surface area contributed by atoms with E-state index in [0.29, 0.717) is 0 Å². The summed E-state index contributed by atoms with van der Waals surface area (Å²) >= 11 is 0. The standard InChI is InChI=1S/C14H21N3O2/c1-11(18)17-5-3-16(4-6-17)10-12-7-13(15)9-14(8-12)19-2/h7-9H,3-6,10,15H2,1-2H3. The number of piperazine rings is 1. The third-order valence-corrected chi connectivity index (χ3v) is 3.45. The van der Waals surface area contributed by atoms with Gasteiger partial charge in [-0.1, -0.05) is 0 Å². The molecule has 2 N–H and O–H groups in total. The molecule has 0 radical (unpaired) electrons. The second-order valence-corrected chi connectivity index (χ2v) is 4.90. The number of hydrogen-bond acceptors (Lipinski definition) is 4. The lowest BCUT2D eigenvalue weighted by atomic mass is 10.1. The fourth-order valence-corrected chi connectivity index (χ4v) is 2.37. The zero-order valence-electron chi connectivity index (χ0n) is 11.6. The van der Waals surface area contributed by atoms with Crippen LogP contribution in [-0.2, 0) is 11.3 Å². The van der Waals surface area contributed by atoms with Gasteiger partial charge in [-0.3, -0.25) is 9.69 Å². The van der Waals surface area contributed by atoms with E-state index in [0.717, 1.165) is 49.7 Å². The molecule has 1 heterocycles. The Morgan fingerprint density at radius 2 is 1.95 bits per heavy atom. The number of benzene rings is 1. The lowest BCUT2D eigenvalue weighted by molar-refractivity contribution is -0.130. The van der Waals surface area contributed by atoms with Crippen LogP contribution >= 0.6 is 0 Å². The van der Waals surface area contributed by atoms with Crippen LogP contribution in [0.15, 0.2) is 18.2 Å². The van der Waals surface area contributed by atoms with Crippen LogP contribution in [0.3, 0.4) is 0 Å². The summed E-state index contributed by atoms with van der Waals surface area (Å²) in [6, 6.07) is 5.80. The van der Waals surface area contributed by atoms with Gasteiger partial charge >= 0.3 is 0 Å². The molecule has 0 atom stereocenters. The normalized spacial score (nSPS) is 16.4. The number of anilines is 1. The highest BCUT2D eigenvalue weighted by Gasteiger charge is 2.18. The van der Waals surface area contributed by atoms with E-state index >= 15 is 0 Å². The Morgan fingerprint density at radius 1 is 1.26 bits per heavy atom. The number of rotatable bonds is 3. The fourth-order valence-electron chi connectivity index (χ4n) is 2.37. The van der Waals surface area contributed by atoms with Crippen molar-refractivity contribution in [2.24, 2.45) is 0 Å². The Kier molecular flexibility index (Phi) is 4.27. The Hall–Kier alpha value is -1.75. The maximum atomic E-state index is 11.3. The van der Waals surface area contributed by atoms with Gasteiger partial charge in [-0.05, 0) is 17.7 Å². The van der Waals surface area contributed by atoms with E-state index in [1.54, 1.807) is 14.0 Å². The number of amides is 1. The molecule has 1 aliphatic heterocycles. The maximum Gasteiger partial charge on any atom is 0.219 e. The molecule has 0 aliphatic carbocycles. The van der Waals surface area contributed by atoms with E-state index in [1.165, 1.54) is 0 Å². The average Bonchev–Trinajstić information content (AvgIpc) is 2.38. The van der Waals surface area contributed by atoms with Crippen LogP contribution < -0.4 is 10.5 Å². The first-order valence-electron chi connectivity index (χ1n) is 6.50. The summed E-state index contributed by atoms with van der Waals surface area (Å²) in [5, 5.41) is 0. The first-order valence-corrected chi connectivity index (χ1v) is 6.50. The molecule has 5 heteroatoms. The summed E-state index contributed by atoms with van der Waals surface area (Å²) in [7, 11) is 1.64. The first kappa shape index (κ1) is 13.7. The van der Waals surface area contributed by atoms with Crippen molar-refractivity contribution in [3.8, 4) is 5.75 Å². The van der Waals surface area contributed by atoms with Crippen molar-refractivity contribution in [2.75, 3.05) is 39.0 Å². The summed E-state index contributed by atoms with van der Waals surface area (Å²) in [5.41, 5.74) is 7.72. The quantitative estimate of drug-likeness (QED) is 0.825. The van der Waals surface area contributed by atoms with Gasteiger partial charge in [0.25, 0.3) is 0 Å². The number of hydrogen-bond donors (Lipinski definition) is 1. The topological polar surface area (TPSA) is 58.8 Å². The number of nitrogens with zero attached hydrogens (tertiary/aromatic N) is 2. The highest BCUT2D eigenvalue weighted by atomic mass is 16.5. The molecule has 1 amide bonds. The first-order chi connectivity index (χ1) is 9.08. The molecule has 0 spiro atoms. The molecule has 5 nitrogen and oxygen atoms in total. The van der Waals surface area contributed by atoms with Gasteiger partial charge in [0, 0.05) is 51.4 Å². The number of carbonyl (C=O) groups is 1. The van der Waals surface area contributed by atoms with Gasteiger partial charge in [-0.2, -0.15) is 0 Å². The SMILES string of the molecule is COc1cc(N)cc(CN2CCN(C(C)=O)CC2)c1. The predicted molar refractivity (Wildman–Crippen MR) is 74.9 cm³/mol. The molecule has 104 valence electrons. The van der Waals surface area contributed by atoms with E-state index in [-0.39, 0.29) is 5.91 Å². The fraction of sp³-hybridized carbons (Fsp3) is 0.500. The van der Waals surface area contributed by atoms with Gasteiger partial charge in [0.2, 0.25) is 5.91 Å². The molecule has 0 saturated carbocycles. The monoisotopic (exact) mass is 263 g/mol. The molecule has 1 aromatic rings. The Bertz CT molecular complexity index is 454. The summed E-state index contributed by atoms with van der Waals surface area (Å²) in [4.78, 5) is 15.5. The Labute approximate surface area is 113 Å². The molecular formula is C14H21N3O2. The van der Waals surface area contributed by atoms with Crippen molar-refractivity contribution in [1.82, 2.24) is 9.80 Å². The van der Waals surface area contributed by atoms with Gasteiger partial charge < -0.3 is 15.4 Å². The van der Waals surface area contributed by atoms with Crippen LogP contribution in [-0.4, -0.2) is 49.0 Å². The van der Waals surface area contributed by atoms with Crippen LogP contribution in [0.1, 0.15) is 12.5 Å². The van der Waals surface area contributed by atoms with E-state index in [9.17, 15) is 4.79 Å². The van der Waals surface area contributed by atoms with Gasteiger partial charge in [-0.15, -0.1) is 0 Å². The smallest absolute Gasteiger partial charge is 0.219 e. The molecule has 1 fully saturated rings. The van der Waals surface area contributed by atoms with Gasteiger partial charge in [0.05, 0.1) is 7.11 Å². The number of ether oxygens (including phenoxy) is 1. The predicted octanol–water partition coefficient (Wildman–Crippen LogP) is 0.942. The second-order valence-electron chi connectivity index (χ2n) is 4.90. The number of methoxy groups -OCH3 is 1. The van der Waals surface area contributed by atoms with Crippen molar-refractivity contribution in [1.29, 1.82) is 0 Å². The summed E-state index contributed by atoms with van der Waals surface area (Å²) < 4.78 is 5.22. The minimum absolute atomic E-state index is 0.158. The number of carbonyl (C=O) groups excluding carboxylic acids is 1.